The standard InChI is InChI=1S/C12H16FNO3/c1-2-3-14-12(16)8-17-11-5-9(7-15)4-10(13)6-11/h4-6,15H,2-3,7-8H2,1H3,(H,14,16). The van der Waals surface area contributed by atoms with E-state index in [4.69, 9.17) is 9.84 Å². The summed E-state index contributed by atoms with van der Waals surface area (Å²) >= 11 is 0. The maximum absolute atomic E-state index is 13.1. The summed E-state index contributed by atoms with van der Waals surface area (Å²) in [6.07, 6.45) is 0.848. The number of aliphatic hydroxyl groups is 1. The Hall–Kier alpha value is -1.62. The molecule has 0 atom stereocenters. The first-order chi connectivity index (χ1) is 8.15. The average molecular weight is 241 g/mol. The number of aliphatic hydroxyl groups excluding tert-OH is 1. The number of rotatable bonds is 6. The third-order valence-electron chi connectivity index (χ3n) is 2.06. The second kappa shape index (κ2) is 6.85. The van der Waals surface area contributed by atoms with Crippen LogP contribution in [-0.4, -0.2) is 24.2 Å². The van der Waals surface area contributed by atoms with Crippen LogP contribution in [0.2, 0.25) is 0 Å². The van der Waals surface area contributed by atoms with Crippen molar-refractivity contribution in [3.8, 4) is 5.75 Å². The molecular weight excluding hydrogens is 225 g/mol. The van der Waals surface area contributed by atoms with Gasteiger partial charge in [-0.05, 0) is 24.1 Å². The van der Waals surface area contributed by atoms with Crippen LogP contribution in [0.5, 0.6) is 5.75 Å². The quantitative estimate of drug-likeness (QED) is 0.787. The van der Waals surface area contributed by atoms with Crippen molar-refractivity contribution in [2.24, 2.45) is 0 Å². The fourth-order valence-electron chi connectivity index (χ4n) is 1.26. The molecule has 0 heterocycles. The predicted molar refractivity (Wildman–Crippen MR) is 61.1 cm³/mol. The van der Waals surface area contributed by atoms with Gasteiger partial charge in [0, 0.05) is 12.6 Å². The summed E-state index contributed by atoms with van der Waals surface area (Å²) in [7, 11) is 0. The molecular formula is C12H16FNO3. The van der Waals surface area contributed by atoms with Crippen LogP contribution in [0.3, 0.4) is 0 Å². The van der Waals surface area contributed by atoms with Gasteiger partial charge in [-0.2, -0.15) is 0 Å². The molecule has 4 nitrogen and oxygen atoms in total. The first-order valence-corrected chi connectivity index (χ1v) is 5.45. The molecule has 0 aliphatic carbocycles. The predicted octanol–water partition coefficient (Wildman–Crippen LogP) is 1.22. The molecule has 17 heavy (non-hydrogen) atoms. The van der Waals surface area contributed by atoms with E-state index in [-0.39, 0.29) is 24.9 Å². The lowest BCUT2D eigenvalue weighted by molar-refractivity contribution is -0.123. The number of ether oxygens (including phenoxy) is 1. The van der Waals surface area contributed by atoms with Gasteiger partial charge in [-0.1, -0.05) is 6.92 Å². The van der Waals surface area contributed by atoms with Crippen molar-refractivity contribution in [1.82, 2.24) is 5.32 Å². The zero-order chi connectivity index (χ0) is 12.7. The zero-order valence-electron chi connectivity index (χ0n) is 9.70. The van der Waals surface area contributed by atoms with Gasteiger partial charge >= 0.3 is 0 Å². The average Bonchev–Trinajstić information content (AvgIpc) is 2.33. The fourth-order valence-corrected chi connectivity index (χ4v) is 1.26. The smallest absolute Gasteiger partial charge is 0.257 e. The van der Waals surface area contributed by atoms with Gasteiger partial charge in [-0.25, -0.2) is 4.39 Å². The van der Waals surface area contributed by atoms with Crippen LogP contribution in [0.4, 0.5) is 4.39 Å². The molecule has 5 heteroatoms. The Labute approximate surface area is 99.4 Å². The Kier molecular flexibility index (Phi) is 5.42. The van der Waals surface area contributed by atoms with Crippen molar-refractivity contribution in [2.75, 3.05) is 13.2 Å². The lowest BCUT2D eigenvalue weighted by Crippen LogP contribution is -2.29. The van der Waals surface area contributed by atoms with Crippen molar-refractivity contribution in [3.05, 3.63) is 29.6 Å². The van der Waals surface area contributed by atoms with Crippen LogP contribution >= 0.6 is 0 Å². The number of carbonyl (C=O) groups is 1. The molecule has 1 rings (SSSR count). The maximum Gasteiger partial charge on any atom is 0.257 e. The first kappa shape index (κ1) is 13.4. The SMILES string of the molecule is CCCNC(=O)COc1cc(F)cc(CO)c1. The summed E-state index contributed by atoms with van der Waals surface area (Å²) in [5, 5.41) is 11.5. The lowest BCUT2D eigenvalue weighted by Gasteiger charge is -2.08. The maximum atomic E-state index is 13.1. The normalized spacial score (nSPS) is 10.1. The molecule has 0 unspecified atom stereocenters. The second-order valence-corrected chi connectivity index (χ2v) is 3.59. The molecule has 0 saturated carbocycles. The van der Waals surface area contributed by atoms with Crippen LogP contribution in [-0.2, 0) is 11.4 Å². The van der Waals surface area contributed by atoms with Crippen LogP contribution in [0.15, 0.2) is 18.2 Å². The molecule has 0 saturated heterocycles. The van der Waals surface area contributed by atoms with E-state index in [1.807, 2.05) is 6.92 Å². The molecule has 0 radical (unpaired) electrons. The van der Waals surface area contributed by atoms with Gasteiger partial charge in [0.15, 0.2) is 6.61 Å². The summed E-state index contributed by atoms with van der Waals surface area (Å²) in [5.41, 5.74) is 0.411. The van der Waals surface area contributed by atoms with E-state index in [9.17, 15) is 9.18 Å². The molecule has 0 aromatic heterocycles. The van der Waals surface area contributed by atoms with Crippen molar-refractivity contribution >= 4 is 5.91 Å². The summed E-state index contributed by atoms with van der Waals surface area (Å²) in [6.45, 7) is 2.11. The van der Waals surface area contributed by atoms with Crippen LogP contribution in [0.25, 0.3) is 0 Å². The Morgan fingerprint density at radius 2 is 2.24 bits per heavy atom. The van der Waals surface area contributed by atoms with Gasteiger partial charge in [0.1, 0.15) is 11.6 Å². The van der Waals surface area contributed by atoms with Crippen LogP contribution in [0.1, 0.15) is 18.9 Å². The number of nitrogens with one attached hydrogen (secondary N) is 1. The van der Waals surface area contributed by atoms with E-state index in [0.29, 0.717) is 12.1 Å². The van der Waals surface area contributed by atoms with E-state index < -0.39 is 5.82 Å². The minimum atomic E-state index is -0.500. The summed E-state index contributed by atoms with van der Waals surface area (Å²) in [4.78, 5) is 11.2. The number of hydrogen-bond donors (Lipinski definition) is 2. The van der Waals surface area contributed by atoms with E-state index in [0.717, 1.165) is 6.42 Å². The first-order valence-electron chi connectivity index (χ1n) is 5.45. The summed E-state index contributed by atoms with van der Waals surface area (Å²) in [5.74, 6) is -0.511. The Morgan fingerprint density at radius 1 is 1.47 bits per heavy atom. The van der Waals surface area contributed by atoms with Gasteiger partial charge in [-0.3, -0.25) is 4.79 Å². The number of carbonyl (C=O) groups excluding carboxylic acids is 1. The third kappa shape index (κ3) is 4.82. The highest BCUT2D eigenvalue weighted by Crippen LogP contribution is 2.16. The molecule has 94 valence electrons. The molecule has 1 amide bonds. The van der Waals surface area contributed by atoms with Crippen molar-refractivity contribution in [3.63, 3.8) is 0 Å². The molecule has 1 aromatic carbocycles. The number of hydrogen-bond acceptors (Lipinski definition) is 3. The highest BCUT2D eigenvalue weighted by Gasteiger charge is 2.04. The Balaban J connectivity index is 2.51. The topological polar surface area (TPSA) is 58.6 Å². The molecule has 0 spiro atoms. The Morgan fingerprint density at radius 3 is 2.88 bits per heavy atom. The molecule has 0 aliphatic heterocycles. The second-order valence-electron chi connectivity index (χ2n) is 3.59. The van der Waals surface area contributed by atoms with Gasteiger partial charge < -0.3 is 15.2 Å². The molecule has 0 aliphatic rings. The molecule has 0 fully saturated rings. The highest BCUT2D eigenvalue weighted by molar-refractivity contribution is 5.77. The van der Waals surface area contributed by atoms with Gasteiger partial charge in [0.25, 0.3) is 5.91 Å². The number of amides is 1. The van der Waals surface area contributed by atoms with E-state index in [1.165, 1.54) is 18.2 Å². The minimum Gasteiger partial charge on any atom is -0.484 e. The van der Waals surface area contributed by atoms with E-state index >= 15 is 0 Å². The van der Waals surface area contributed by atoms with Gasteiger partial charge in [0.05, 0.1) is 6.61 Å². The highest BCUT2D eigenvalue weighted by atomic mass is 19.1. The van der Waals surface area contributed by atoms with Crippen molar-refractivity contribution in [2.45, 2.75) is 20.0 Å². The van der Waals surface area contributed by atoms with E-state index in [1.54, 1.807) is 0 Å². The van der Waals surface area contributed by atoms with Crippen molar-refractivity contribution in [1.29, 1.82) is 0 Å². The largest absolute Gasteiger partial charge is 0.484 e. The summed E-state index contributed by atoms with van der Waals surface area (Å²) in [6, 6.07) is 3.88. The van der Waals surface area contributed by atoms with Gasteiger partial charge in [-0.15, -0.1) is 0 Å². The molecule has 2 N–H and O–H groups in total. The minimum absolute atomic E-state index is 0.158. The van der Waals surface area contributed by atoms with Crippen molar-refractivity contribution < 1.29 is 19.0 Å². The summed E-state index contributed by atoms with van der Waals surface area (Å²) < 4.78 is 18.2. The number of benzene rings is 1. The third-order valence-corrected chi connectivity index (χ3v) is 2.06. The molecule has 0 bridgehead atoms. The lowest BCUT2D eigenvalue weighted by atomic mass is 10.2. The Bertz CT molecular complexity index is 382. The fraction of sp³-hybridized carbons (Fsp3) is 0.417. The number of halogens is 1. The molecule has 1 aromatic rings. The zero-order valence-corrected chi connectivity index (χ0v) is 9.70. The van der Waals surface area contributed by atoms with Crippen LogP contribution in [0, 0.1) is 5.82 Å². The van der Waals surface area contributed by atoms with Crippen LogP contribution < -0.4 is 10.1 Å². The monoisotopic (exact) mass is 241 g/mol. The van der Waals surface area contributed by atoms with Gasteiger partial charge in [0.2, 0.25) is 0 Å². The van der Waals surface area contributed by atoms with E-state index in [2.05, 4.69) is 5.32 Å².